The Hall–Kier alpha value is -1.28. The Morgan fingerprint density at radius 2 is 2.19 bits per heavy atom. The number of H-pyrrole nitrogens is 1. The Morgan fingerprint density at radius 3 is 3.06 bits per heavy atom. The molecule has 2 nitrogen and oxygen atoms in total. The molecule has 16 heavy (non-hydrogen) atoms. The molecule has 0 saturated heterocycles. The van der Waals surface area contributed by atoms with E-state index in [-0.39, 0.29) is 0 Å². The van der Waals surface area contributed by atoms with Crippen LogP contribution >= 0.6 is 0 Å². The van der Waals surface area contributed by atoms with Crippen molar-refractivity contribution in [3.63, 3.8) is 0 Å². The molecule has 0 radical (unpaired) electrons. The van der Waals surface area contributed by atoms with Gasteiger partial charge in [-0.3, -0.25) is 0 Å². The zero-order chi connectivity index (χ0) is 11.0. The summed E-state index contributed by atoms with van der Waals surface area (Å²) in [7, 11) is 0. The lowest BCUT2D eigenvalue weighted by molar-refractivity contribution is 0.464. The first-order chi connectivity index (χ1) is 7.90. The third-order valence-corrected chi connectivity index (χ3v) is 3.54. The lowest BCUT2D eigenvalue weighted by Gasteiger charge is -2.23. The summed E-state index contributed by atoms with van der Waals surface area (Å²) in [5.41, 5.74) is 4.25. The summed E-state index contributed by atoms with van der Waals surface area (Å²) in [5.74, 6) is 0. The van der Waals surface area contributed by atoms with E-state index in [1.807, 2.05) is 0 Å². The number of rotatable bonds is 2. The zero-order valence-corrected chi connectivity index (χ0v) is 9.72. The molecule has 0 bridgehead atoms. The molecule has 0 amide bonds. The summed E-state index contributed by atoms with van der Waals surface area (Å²) in [6.45, 7) is 3.36. The highest BCUT2D eigenvalue weighted by Crippen LogP contribution is 2.31. The van der Waals surface area contributed by atoms with Crippen LogP contribution in [0.2, 0.25) is 0 Å². The molecule has 1 aliphatic rings. The zero-order valence-electron chi connectivity index (χ0n) is 9.72. The molecule has 1 atom stereocenters. The standard InChI is InChI=1S/C14H18N2/c1-2-5-13-14-11(8-9-15-13)10-6-3-4-7-12(10)16-14/h3-4,6-7,13,15-16H,2,5,8-9H2,1H3/t13-/m1/s1. The molecular formula is C14H18N2. The Kier molecular flexibility index (Phi) is 2.44. The normalized spacial score (nSPS) is 19.9. The van der Waals surface area contributed by atoms with Gasteiger partial charge in [-0.2, -0.15) is 0 Å². The van der Waals surface area contributed by atoms with Gasteiger partial charge in [-0.25, -0.2) is 0 Å². The van der Waals surface area contributed by atoms with Crippen LogP contribution in [-0.4, -0.2) is 11.5 Å². The molecule has 2 N–H and O–H groups in total. The second kappa shape index (κ2) is 3.95. The van der Waals surface area contributed by atoms with Crippen molar-refractivity contribution in [2.24, 2.45) is 0 Å². The summed E-state index contributed by atoms with van der Waals surface area (Å²) < 4.78 is 0. The number of nitrogens with one attached hydrogen (secondary N) is 2. The molecule has 2 heteroatoms. The highest BCUT2D eigenvalue weighted by Gasteiger charge is 2.22. The van der Waals surface area contributed by atoms with Gasteiger partial charge in [-0.1, -0.05) is 31.5 Å². The van der Waals surface area contributed by atoms with Gasteiger partial charge < -0.3 is 10.3 Å². The molecule has 1 aromatic heterocycles. The molecule has 0 unspecified atom stereocenters. The first kappa shape index (κ1) is 9.91. The van der Waals surface area contributed by atoms with E-state index < -0.39 is 0 Å². The SMILES string of the molecule is CCC[C@H]1NCCc2c1[nH]c1ccccc21. The van der Waals surface area contributed by atoms with E-state index in [2.05, 4.69) is 41.5 Å². The molecular weight excluding hydrogens is 196 g/mol. The molecule has 0 saturated carbocycles. The third kappa shape index (κ3) is 1.45. The summed E-state index contributed by atoms with van der Waals surface area (Å²) in [5, 5.41) is 5.02. The Bertz CT molecular complexity index is 498. The first-order valence-corrected chi connectivity index (χ1v) is 6.23. The van der Waals surface area contributed by atoms with Crippen LogP contribution in [0.1, 0.15) is 37.1 Å². The summed E-state index contributed by atoms with van der Waals surface area (Å²) in [6.07, 6.45) is 3.60. The summed E-state index contributed by atoms with van der Waals surface area (Å²) >= 11 is 0. The van der Waals surface area contributed by atoms with Crippen molar-refractivity contribution < 1.29 is 0 Å². The first-order valence-electron chi connectivity index (χ1n) is 6.23. The lowest BCUT2D eigenvalue weighted by Crippen LogP contribution is -2.29. The number of benzene rings is 1. The second-order valence-corrected chi connectivity index (χ2v) is 4.61. The molecule has 3 rings (SSSR count). The van der Waals surface area contributed by atoms with E-state index in [1.54, 1.807) is 0 Å². The fourth-order valence-electron chi connectivity index (χ4n) is 2.80. The van der Waals surface area contributed by atoms with Gasteiger partial charge in [0.25, 0.3) is 0 Å². The predicted molar refractivity (Wildman–Crippen MR) is 67.7 cm³/mol. The Labute approximate surface area is 96.1 Å². The van der Waals surface area contributed by atoms with Crippen LogP contribution in [0.5, 0.6) is 0 Å². The van der Waals surface area contributed by atoms with Crippen LogP contribution in [-0.2, 0) is 6.42 Å². The van der Waals surface area contributed by atoms with E-state index >= 15 is 0 Å². The van der Waals surface area contributed by atoms with Gasteiger partial charge in [0, 0.05) is 22.6 Å². The second-order valence-electron chi connectivity index (χ2n) is 4.61. The van der Waals surface area contributed by atoms with Crippen LogP contribution in [0.4, 0.5) is 0 Å². The van der Waals surface area contributed by atoms with Crippen molar-refractivity contribution in [1.29, 1.82) is 0 Å². The lowest BCUT2D eigenvalue weighted by atomic mass is 9.97. The highest BCUT2D eigenvalue weighted by atomic mass is 15.0. The van der Waals surface area contributed by atoms with Gasteiger partial charge in [0.1, 0.15) is 0 Å². The Morgan fingerprint density at radius 1 is 1.31 bits per heavy atom. The summed E-state index contributed by atoms with van der Waals surface area (Å²) in [6, 6.07) is 9.18. The Balaban J connectivity index is 2.13. The molecule has 0 fully saturated rings. The number of hydrogen-bond acceptors (Lipinski definition) is 1. The van der Waals surface area contributed by atoms with Crippen molar-refractivity contribution in [3.8, 4) is 0 Å². The minimum Gasteiger partial charge on any atom is -0.357 e. The fourth-order valence-corrected chi connectivity index (χ4v) is 2.80. The molecule has 84 valence electrons. The van der Waals surface area contributed by atoms with Crippen LogP contribution in [0, 0.1) is 0 Å². The van der Waals surface area contributed by atoms with Crippen molar-refractivity contribution in [2.75, 3.05) is 6.54 Å². The van der Waals surface area contributed by atoms with Crippen LogP contribution in [0.25, 0.3) is 10.9 Å². The minimum absolute atomic E-state index is 0.529. The van der Waals surface area contributed by atoms with Crippen molar-refractivity contribution >= 4 is 10.9 Å². The van der Waals surface area contributed by atoms with Crippen LogP contribution < -0.4 is 5.32 Å². The molecule has 1 aliphatic heterocycles. The maximum absolute atomic E-state index is 3.61. The number of aromatic nitrogens is 1. The van der Waals surface area contributed by atoms with Crippen LogP contribution in [0.3, 0.4) is 0 Å². The van der Waals surface area contributed by atoms with Gasteiger partial charge in [-0.15, -0.1) is 0 Å². The molecule has 2 aromatic rings. The minimum atomic E-state index is 0.529. The largest absolute Gasteiger partial charge is 0.357 e. The fraction of sp³-hybridized carbons (Fsp3) is 0.429. The van der Waals surface area contributed by atoms with E-state index in [0.29, 0.717) is 6.04 Å². The van der Waals surface area contributed by atoms with Crippen molar-refractivity contribution in [1.82, 2.24) is 10.3 Å². The number of hydrogen-bond donors (Lipinski definition) is 2. The number of fused-ring (bicyclic) bond motifs is 3. The average Bonchev–Trinajstić information content (AvgIpc) is 2.69. The van der Waals surface area contributed by atoms with Crippen molar-refractivity contribution in [2.45, 2.75) is 32.2 Å². The smallest absolute Gasteiger partial charge is 0.0476 e. The molecule has 0 spiro atoms. The summed E-state index contributed by atoms with van der Waals surface area (Å²) in [4.78, 5) is 3.59. The third-order valence-electron chi connectivity index (χ3n) is 3.54. The number of para-hydroxylation sites is 1. The topological polar surface area (TPSA) is 27.8 Å². The number of aromatic amines is 1. The van der Waals surface area contributed by atoms with Gasteiger partial charge in [0.05, 0.1) is 0 Å². The molecule has 0 aliphatic carbocycles. The van der Waals surface area contributed by atoms with E-state index in [1.165, 1.54) is 35.0 Å². The highest BCUT2D eigenvalue weighted by molar-refractivity contribution is 5.85. The average molecular weight is 214 g/mol. The van der Waals surface area contributed by atoms with E-state index in [9.17, 15) is 0 Å². The van der Waals surface area contributed by atoms with Gasteiger partial charge in [0.2, 0.25) is 0 Å². The molecule has 1 aromatic carbocycles. The quantitative estimate of drug-likeness (QED) is 0.789. The van der Waals surface area contributed by atoms with Gasteiger partial charge in [-0.05, 0) is 31.0 Å². The van der Waals surface area contributed by atoms with Gasteiger partial charge in [0.15, 0.2) is 0 Å². The van der Waals surface area contributed by atoms with E-state index in [4.69, 9.17) is 0 Å². The maximum Gasteiger partial charge on any atom is 0.0476 e. The molecule has 2 heterocycles. The monoisotopic (exact) mass is 214 g/mol. The van der Waals surface area contributed by atoms with Crippen LogP contribution in [0.15, 0.2) is 24.3 Å². The maximum atomic E-state index is 3.61. The van der Waals surface area contributed by atoms with E-state index in [0.717, 1.165) is 13.0 Å². The van der Waals surface area contributed by atoms with Gasteiger partial charge >= 0.3 is 0 Å². The predicted octanol–water partition coefficient (Wildman–Crippen LogP) is 3.15. The van der Waals surface area contributed by atoms with Crippen molar-refractivity contribution in [3.05, 3.63) is 35.5 Å².